The van der Waals surface area contributed by atoms with Gasteiger partial charge in [0.15, 0.2) is 0 Å². The first-order chi connectivity index (χ1) is 6.63. The third-order valence-electron chi connectivity index (χ3n) is 1.89. The molecule has 1 N–H and O–H groups in total. The van der Waals surface area contributed by atoms with Gasteiger partial charge in [0.2, 0.25) is 0 Å². The molecule has 0 aliphatic rings. The molecule has 1 unspecified atom stereocenters. The molecule has 0 aliphatic heterocycles. The summed E-state index contributed by atoms with van der Waals surface area (Å²) in [6, 6.07) is 4.60. The highest BCUT2D eigenvalue weighted by Crippen LogP contribution is 2.16. The summed E-state index contributed by atoms with van der Waals surface area (Å²) in [6.07, 6.45) is 0. The van der Waals surface area contributed by atoms with Crippen LogP contribution in [0.1, 0.15) is 12.5 Å². The molecule has 1 rings (SSSR count). The van der Waals surface area contributed by atoms with E-state index < -0.39 is 0 Å². The SMILES string of the molecule is CC(CCl)NCc1ccc(F)cc1Cl. The molecule has 0 spiro atoms. The summed E-state index contributed by atoms with van der Waals surface area (Å²) < 4.78 is 12.7. The van der Waals surface area contributed by atoms with E-state index in [9.17, 15) is 4.39 Å². The minimum Gasteiger partial charge on any atom is -0.309 e. The third kappa shape index (κ3) is 3.45. The van der Waals surface area contributed by atoms with Crippen LogP contribution in [0.2, 0.25) is 5.02 Å². The van der Waals surface area contributed by atoms with Crippen LogP contribution in [0.25, 0.3) is 0 Å². The second kappa shape index (κ2) is 5.54. The molecule has 0 bridgehead atoms. The summed E-state index contributed by atoms with van der Waals surface area (Å²) in [5.41, 5.74) is 0.880. The Bertz CT molecular complexity index is 304. The number of halogens is 3. The van der Waals surface area contributed by atoms with Gasteiger partial charge in [-0.3, -0.25) is 0 Å². The highest BCUT2D eigenvalue weighted by Gasteiger charge is 2.03. The van der Waals surface area contributed by atoms with Gasteiger partial charge in [-0.2, -0.15) is 0 Å². The molecule has 0 saturated heterocycles. The lowest BCUT2D eigenvalue weighted by Gasteiger charge is -2.11. The summed E-state index contributed by atoms with van der Waals surface area (Å²) in [5, 5.41) is 3.61. The van der Waals surface area contributed by atoms with E-state index in [-0.39, 0.29) is 11.9 Å². The molecule has 4 heteroatoms. The Morgan fingerprint density at radius 3 is 2.79 bits per heavy atom. The summed E-state index contributed by atoms with van der Waals surface area (Å²) in [4.78, 5) is 0. The van der Waals surface area contributed by atoms with E-state index in [0.29, 0.717) is 17.4 Å². The first-order valence-electron chi connectivity index (χ1n) is 4.36. The molecule has 78 valence electrons. The van der Waals surface area contributed by atoms with E-state index in [1.54, 1.807) is 6.07 Å². The highest BCUT2D eigenvalue weighted by molar-refractivity contribution is 6.31. The van der Waals surface area contributed by atoms with Gasteiger partial charge >= 0.3 is 0 Å². The van der Waals surface area contributed by atoms with Crippen LogP contribution in [-0.4, -0.2) is 11.9 Å². The Labute approximate surface area is 93.2 Å². The molecular weight excluding hydrogens is 224 g/mol. The van der Waals surface area contributed by atoms with Crippen LogP contribution in [0.5, 0.6) is 0 Å². The minimum atomic E-state index is -0.316. The van der Waals surface area contributed by atoms with Crippen LogP contribution in [0.3, 0.4) is 0 Å². The Hall–Kier alpha value is -0.310. The predicted octanol–water partition coefficient (Wildman–Crippen LogP) is 3.20. The number of hydrogen-bond acceptors (Lipinski definition) is 1. The molecule has 1 aromatic carbocycles. The van der Waals surface area contributed by atoms with Gasteiger partial charge in [0, 0.05) is 23.5 Å². The van der Waals surface area contributed by atoms with Crippen LogP contribution < -0.4 is 5.32 Å². The van der Waals surface area contributed by atoms with Crippen molar-refractivity contribution in [3.8, 4) is 0 Å². The molecule has 1 nitrogen and oxygen atoms in total. The fourth-order valence-electron chi connectivity index (χ4n) is 1.00. The number of alkyl halides is 1. The van der Waals surface area contributed by atoms with Crippen LogP contribution in [0.4, 0.5) is 4.39 Å². The van der Waals surface area contributed by atoms with Crippen molar-refractivity contribution in [1.82, 2.24) is 5.32 Å². The zero-order chi connectivity index (χ0) is 10.6. The van der Waals surface area contributed by atoms with Crippen molar-refractivity contribution in [3.63, 3.8) is 0 Å². The van der Waals surface area contributed by atoms with E-state index in [2.05, 4.69) is 5.32 Å². The fraction of sp³-hybridized carbons (Fsp3) is 0.400. The molecular formula is C10H12Cl2FN. The van der Waals surface area contributed by atoms with Gasteiger partial charge in [0.25, 0.3) is 0 Å². The predicted molar refractivity (Wildman–Crippen MR) is 58.4 cm³/mol. The van der Waals surface area contributed by atoms with Gasteiger partial charge in [-0.25, -0.2) is 4.39 Å². The van der Waals surface area contributed by atoms with Crippen molar-refractivity contribution < 1.29 is 4.39 Å². The van der Waals surface area contributed by atoms with E-state index in [4.69, 9.17) is 23.2 Å². The maximum absolute atomic E-state index is 12.7. The first-order valence-corrected chi connectivity index (χ1v) is 5.28. The number of hydrogen-bond donors (Lipinski definition) is 1. The second-order valence-electron chi connectivity index (χ2n) is 3.17. The number of benzene rings is 1. The van der Waals surface area contributed by atoms with Crippen LogP contribution in [-0.2, 0) is 6.54 Å². The van der Waals surface area contributed by atoms with Crippen molar-refractivity contribution in [2.24, 2.45) is 0 Å². The van der Waals surface area contributed by atoms with E-state index in [1.807, 2.05) is 6.92 Å². The average molecular weight is 236 g/mol. The average Bonchev–Trinajstić information content (AvgIpc) is 2.16. The zero-order valence-corrected chi connectivity index (χ0v) is 9.37. The molecule has 0 aliphatic carbocycles. The van der Waals surface area contributed by atoms with Crippen LogP contribution >= 0.6 is 23.2 Å². The quantitative estimate of drug-likeness (QED) is 0.791. The molecule has 0 fully saturated rings. The lowest BCUT2D eigenvalue weighted by atomic mass is 10.2. The maximum Gasteiger partial charge on any atom is 0.124 e. The lowest BCUT2D eigenvalue weighted by molar-refractivity contribution is 0.590. The van der Waals surface area contributed by atoms with Gasteiger partial charge in [-0.15, -0.1) is 11.6 Å². The zero-order valence-electron chi connectivity index (χ0n) is 7.86. The van der Waals surface area contributed by atoms with E-state index in [0.717, 1.165) is 5.56 Å². The monoisotopic (exact) mass is 235 g/mol. The van der Waals surface area contributed by atoms with Crippen LogP contribution in [0.15, 0.2) is 18.2 Å². The molecule has 1 aromatic rings. The summed E-state index contributed by atoms with van der Waals surface area (Å²) in [7, 11) is 0. The Balaban J connectivity index is 2.59. The Kier molecular flexibility index (Phi) is 4.66. The highest BCUT2D eigenvalue weighted by atomic mass is 35.5. The van der Waals surface area contributed by atoms with Crippen molar-refractivity contribution in [2.75, 3.05) is 5.88 Å². The molecule has 14 heavy (non-hydrogen) atoms. The van der Waals surface area contributed by atoms with E-state index >= 15 is 0 Å². The number of nitrogens with one attached hydrogen (secondary N) is 1. The van der Waals surface area contributed by atoms with Gasteiger partial charge in [-0.05, 0) is 24.6 Å². The van der Waals surface area contributed by atoms with Gasteiger partial charge < -0.3 is 5.32 Å². The third-order valence-corrected chi connectivity index (χ3v) is 2.70. The summed E-state index contributed by atoms with van der Waals surface area (Å²) in [5.74, 6) is 0.225. The fourth-order valence-corrected chi connectivity index (χ4v) is 1.35. The standard InChI is InChI=1S/C10H12Cl2FN/c1-7(5-11)14-6-8-2-3-9(13)4-10(8)12/h2-4,7,14H,5-6H2,1H3. The van der Waals surface area contributed by atoms with Crippen molar-refractivity contribution >= 4 is 23.2 Å². The normalized spacial score (nSPS) is 12.9. The van der Waals surface area contributed by atoms with Gasteiger partial charge in [0.05, 0.1) is 0 Å². The van der Waals surface area contributed by atoms with Gasteiger partial charge in [-0.1, -0.05) is 17.7 Å². The number of rotatable bonds is 4. The first kappa shape index (κ1) is 11.8. The molecule has 1 atom stereocenters. The molecule has 0 aromatic heterocycles. The lowest BCUT2D eigenvalue weighted by Crippen LogP contribution is -2.26. The largest absolute Gasteiger partial charge is 0.309 e. The van der Waals surface area contributed by atoms with Gasteiger partial charge in [0.1, 0.15) is 5.82 Å². The molecule has 0 heterocycles. The Morgan fingerprint density at radius 2 is 2.21 bits per heavy atom. The molecule has 0 amide bonds. The van der Waals surface area contributed by atoms with E-state index in [1.165, 1.54) is 12.1 Å². The van der Waals surface area contributed by atoms with Crippen molar-refractivity contribution in [2.45, 2.75) is 19.5 Å². The van der Waals surface area contributed by atoms with Crippen molar-refractivity contribution in [1.29, 1.82) is 0 Å². The Morgan fingerprint density at radius 1 is 1.50 bits per heavy atom. The second-order valence-corrected chi connectivity index (χ2v) is 3.89. The van der Waals surface area contributed by atoms with Crippen molar-refractivity contribution in [3.05, 3.63) is 34.6 Å². The van der Waals surface area contributed by atoms with Crippen LogP contribution in [0, 0.1) is 5.82 Å². The maximum atomic E-state index is 12.7. The minimum absolute atomic E-state index is 0.220. The summed E-state index contributed by atoms with van der Waals surface area (Å²) in [6.45, 7) is 2.58. The topological polar surface area (TPSA) is 12.0 Å². The molecule has 0 saturated carbocycles. The smallest absolute Gasteiger partial charge is 0.124 e. The summed E-state index contributed by atoms with van der Waals surface area (Å²) >= 11 is 11.5. The molecule has 0 radical (unpaired) electrons.